The van der Waals surface area contributed by atoms with Crippen molar-refractivity contribution in [2.75, 3.05) is 0 Å². The van der Waals surface area contributed by atoms with Gasteiger partial charge in [0, 0.05) is 27.1 Å². The minimum Gasteiger partial charge on any atom is -0.255 e. The van der Waals surface area contributed by atoms with Crippen LogP contribution in [-0.4, -0.2) is 15.0 Å². The van der Waals surface area contributed by atoms with Gasteiger partial charge in [-0.3, -0.25) is 4.98 Å². The molecule has 54 heavy (non-hydrogen) atoms. The number of aromatic nitrogens is 3. The van der Waals surface area contributed by atoms with Gasteiger partial charge in [0.1, 0.15) is 0 Å². The summed E-state index contributed by atoms with van der Waals surface area (Å²) in [6, 6.07) is 65.6. The average molecular weight is 706 g/mol. The van der Waals surface area contributed by atoms with E-state index < -0.39 is 5.41 Å². The third kappa shape index (κ3) is 4.74. The molecule has 9 aromatic rings. The highest BCUT2D eigenvalue weighted by Gasteiger charge is 2.50. The Hall–Kier alpha value is -6.62. The standard InChI is InChI=1S/C50H31N3S/c1-2-12-34(13-3-1)49-52-45(31-46(53-49)44-19-10-11-27-51-44)33-23-21-32(22-24-33)37-25-26-48-43(30-37)50(41-18-8-9-20-47(41)54-48)40-17-7-6-16-38(40)39-28-35-14-4-5-15-36(35)29-42(39)50/h1-31H. The van der Waals surface area contributed by atoms with Crippen molar-refractivity contribution in [1.29, 1.82) is 0 Å². The highest BCUT2D eigenvalue weighted by atomic mass is 32.2. The lowest BCUT2D eigenvalue weighted by Crippen LogP contribution is -2.32. The van der Waals surface area contributed by atoms with Crippen LogP contribution in [0.25, 0.3) is 67.1 Å². The Morgan fingerprint density at radius 3 is 1.87 bits per heavy atom. The fourth-order valence-corrected chi connectivity index (χ4v) is 9.73. The van der Waals surface area contributed by atoms with Gasteiger partial charge in [0.05, 0.1) is 22.5 Å². The van der Waals surface area contributed by atoms with Gasteiger partial charge in [-0.15, -0.1) is 0 Å². The third-order valence-corrected chi connectivity index (χ3v) is 12.2. The Morgan fingerprint density at radius 2 is 1.04 bits per heavy atom. The SMILES string of the molecule is c1ccc(-c2nc(-c3ccc(-c4ccc5c(c4)C4(c6ccccc6S5)c5ccccc5-c5cc6ccccc6cc54)cc3)cc(-c3ccccn3)n2)cc1. The van der Waals surface area contributed by atoms with E-state index in [9.17, 15) is 0 Å². The maximum atomic E-state index is 5.05. The van der Waals surface area contributed by atoms with Crippen molar-refractivity contribution < 1.29 is 0 Å². The Balaban J connectivity index is 1.07. The Bertz CT molecular complexity index is 2850. The molecule has 2 aliphatic rings. The van der Waals surface area contributed by atoms with Crippen molar-refractivity contribution in [2.24, 2.45) is 0 Å². The fraction of sp³-hybridized carbons (Fsp3) is 0.0200. The molecule has 2 aromatic heterocycles. The zero-order chi connectivity index (χ0) is 35.6. The molecule has 1 unspecified atom stereocenters. The number of fused-ring (bicyclic) bond motifs is 10. The van der Waals surface area contributed by atoms with Crippen molar-refractivity contribution in [2.45, 2.75) is 15.2 Å². The number of hydrogen-bond acceptors (Lipinski definition) is 4. The molecular formula is C50H31N3S. The van der Waals surface area contributed by atoms with E-state index in [4.69, 9.17) is 9.97 Å². The molecule has 11 rings (SSSR count). The third-order valence-electron chi connectivity index (χ3n) is 11.0. The van der Waals surface area contributed by atoms with Crippen LogP contribution in [-0.2, 0) is 5.41 Å². The van der Waals surface area contributed by atoms with Crippen LogP contribution in [0, 0.1) is 0 Å². The zero-order valence-corrected chi connectivity index (χ0v) is 30.0. The van der Waals surface area contributed by atoms with Crippen LogP contribution in [0.5, 0.6) is 0 Å². The first kappa shape index (κ1) is 31.0. The van der Waals surface area contributed by atoms with Crippen molar-refractivity contribution in [3.8, 4) is 56.3 Å². The van der Waals surface area contributed by atoms with E-state index in [1.54, 1.807) is 6.20 Å². The first-order valence-corrected chi connectivity index (χ1v) is 19.1. The Morgan fingerprint density at radius 1 is 0.370 bits per heavy atom. The lowest BCUT2D eigenvalue weighted by Gasteiger charge is -2.40. The Labute approximate surface area is 318 Å². The van der Waals surface area contributed by atoms with Crippen molar-refractivity contribution in [1.82, 2.24) is 15.0 Å². The minimum absolute atomic E-state index is 0.445. The summed E-state index contributed by atoms with van der Waals surface area (Å²) in [5, 5.41) is 2.53. The Kier molecular flexibility index (Phi) is 7.01. The van der Waals surface area contributed by atoms with Gasteiger partial charge in [0.25, 0.3) is 0 Å². The highest BCUT2D eigenvalue weighted by molar-refractivity contribution is 7.99. The summed E-state index contributed by atoms with van der Waals surface area (Å²) in [6.45, 7) is 0. The molecule has 0 N–H and O–H groups in total. The summed E-state index contributed by atoms with van der Waals surface area (Å²) < 4.78 is 0. The molecule has 0 amide bonds. The topological polar surface area (TPSA) is 38.7 Å². The molecule has 252 valence electrons. The predicted molar refractivity (Wildman–Crippen MR) is 221 cm³/mol. The second kappa shape index (κ2) is 12.2. The highest BCUT2D eigenvalue weighted by Crippen LogP contribution is 2.62. The maximum Gasteiger partial charge on any atom is 0.160 e. The van der Waals surface area contributed by atoms with E-state index in [1.807, 2.05) is 66.4 Å². The van der Waals surface area contributed by atoms with E-state index in [-0.39, 0.29) is 0 Å². The van der Waals surface area contributed by atoms with Crippen molar-refractivity contribution in [3.05, 3.63) is 210 Å². The number of hydrogen-bond donors (Lipinski definition) is 0. The van der Waals surface area contributed by atoms with Gasteiger partial charge in [-0.05, 0) is 104 Å². The summed E-state index contributed by atoms with van der Waals surface area (Å²) in [4.78, 5) is 17.2. The van der Waals surface area contributed by atoms with Gasteiger partial charge in [-0.25, -0.2) is 9.97 Å². The molecule has 7 aromatic carbocycles. The van der Waals surface area contributed by atoms with E-state index in [0.29, 0.717) is 5.82 Å². The summed E-state index contributed by atoms with van der Waals surface area (Å²) in [5.41, 5.74) is 14.4. The summed E-state index contributed by atoms with van der Waals surface area (Å²) in [7, 11) is 0. The number of pyridine rings is 1. The number of nitrogens with zero attached hydrogens (tertiary/aromatic N) is 3. The van der Waals surface area contributed by atoms with Crippen LogP contribution in [0.2, 0.25) is 0 Å². The molecule has 0 radical (unpaired) electrons. The van der Waals surface area contributed by atoms with Gasteiger partial charge in [0.2, 0.25) is 0 Å². The van der Waals surface area contributed by atoms with Crippen LogP contribution < -0.4 is 0 Å². The fourth-order valence-electron chi connectivity index (χ4n) is 8.55. The summed E-state index contributed by atoms with van der Waals surface area (Å²) in [5.74, 6) is 0.681. The summed E-state index contributed by atoms with van der Waals surface area (Å²) in [6.07, 6.45) is 1.80. The van der Waals surface area contributed by atoms with E-state index in [1.165, 1.54) is 59.5 Å². The number of rotatable bonds is 4. The van der Waals surface area contributed by atoms with E-state index in [0.717, 1.165) is 33.8 Å². The monoisotopic (exact) mass is 705 g/mol. The zero-order valence-electron chi connectivity index (χ0n) is 29.1. The van der Waals surface area contributed by atoms with Crippen LogP contribution in [0.15, 0.2) is 198 Å². The molecule has 1 atom stereocenters. The summed E-state index contributed by atoms with van der Waals surface area (Å²) >= 11 is 1.88. The average Bonchev–Trinajstić information content (AvgIpc) is 3.52. The molecule has 0 saturated heterocycles. The maximum absolute atomic E-state index is 5.05. The smallest absolute Gasteiger partial charge is 0.160 e. The van der Waals surface area contributed by atoms with Gasteiger partial charge in [-0.2, -0.15) is 0 Å². The van der Waals surface area contributed by atoms with Crippen LogP contribution in [0.3, 0.4) is 0 Å². The molecule has 0 saturated carbocycles. The van der Waals surface area contributed by atoms with Crippen molar-refractivity contribution >= 4 is 22.5 Å². The molecule has 1 aliphatic heterocycles. The van der Waals surface area contributed by atoms with Gasteiger partial charge in [0.15, 0.2) is 5.82 Å². The van der Waals surface area contributed by atoms with Gasteiger partial charge >= 0.3 is 0 Å². The molecule has 3 nitrogen and oxygen atoms in total. The molecular weight excluding hydrogens is 675 g/mol. The molecule has 1 spiro atoms. The largest absolute Gasteiger partial charge is 0.255 e. The molecule has 0 bridgehead atoms. The lowest BCUT2D eigenvalue weighted by atomic mass is 9.67. The molecule has 4 heteroatoms. The quantitative estimate of drug-likeness (QED) is 0.183. The first-order valence-electron chi connectivity index (χ1n) is 18.3. The lowest BCUT2D eigenvalue weighted by molar-refractivity contribution is 0.723. The molecule has 0 fully saturated rings. The van der Waals surface area contributed by atoms with Crippen molar-refractivity contribution in [3.63, 3.8) is 0 Å². The van der Waals surface area contributed by atoms with Gasteiger partial charge in [-0.1, -0.05) is 145 Å². The second-order valence-electron chi connectivity index (χ2n) is 14.0. The van der Waals surface area contributed by atoms with E-state index >= 15 is 0 Å². The van der Waals surface area contributed by atoms with Crippen LogP contribution in [0.1, 0.15) is 22.3 Å². The normalized spacial score (nSPS) is 15.0. The predicted octanol–water partition coefficient (Wildman–Crippen LogP) is 12.5. The first-order chi connectivity index (χ1) is 26.7. The molecule has 1 aliphatic carbocycles. The van der Waals surface area contributed by atoms with Gasteiger partial charge < -0.3 is 0 Å². The minimum atomic E-state index is -0.445. The second-order valence-corrected chi connectivity index (χ2v) is 15.1. The molecule has 3 heterocycles. The van der Waals surface area contributed by atoms with E-state index in [2.05, 4.69) is 132 Å². The van der Waals surface area contributed by atoms with Crippen LogP contribution in [0.4, 0.5) is 0 Å². The van der Waals surface area contributed by atoms with Crippen LogP contribution >= 0.6 is 11.8 Å². The number of benzene rings is 7.